The fourth-order valence-electron chi connectivity index (χ4n) is 4.57. The van der Waals surface area contributed by atoms with Crippen LogP contribution in [0.1, 0.15) is 155 Å². The summed E-state index contributed by atoms with van der Waals surface area (Å²) in [6.07, 6.45) is 26.7. The topological polar surface area (TPSA) is 134 Å². The van der Waals surface area contributed by atoms with E-state index in [0.717, 1.165) is 51.4 Å². The molecule has 0 saturated carbocycles. The molecule has 0 aliphatic heterocycles. The summed E-state index contributed by atoms with van der Waals surface area (Å²) in [5.41, 5.74) is 5.31. The highest BCUT2D eigenvalue weighted by Crippen LogP contribution is 2.43. The van der Waals surface area contributed by atoms with Crippen LogP contribution in [0.4, 0.5) is 0 Å². The summed E-state index contributed by atoms with van der Waals surface area (Å²) in [6.45, 7) is 3.66. The molecule has 0 heterocycles. The Morgan fingerprint density at radius 1 is 0.674 bits per heavy atom. The van der Waals surface area contributed by atoms with Gasteiger partial charge in [0.2, 0.25) is 0 Å². The largest absolute Gasteiger partial charge is 0.472 e. The van der Waals surface area contributed by atoms with Crippen molar-refractivity contribution in [3.63, 3.8) is 0 Å². The quantitative estimate of drug-likeness (QED) is 0.0323. The molecule has 0 aliphatic carbocycles. The summed E-state index contributed by atoms with van der Waals surface area (Å²) in [7, 11) is -4.36. The number of hydrogen-bond acceptors (Lipinski definition) is 8. The molecule has 1 unspecified atom stereocenters. The van der Waals surface area contributed by atoms with Gasteiger partial charge in [0.05, 0.1) is 13.2 Å². The molecule has 2 atom stereocenters. The number of allylic oxidation sites excluding steroid dienone is 2. The van der Waals surface area contributed by atoms with E-state index in [-0.39, 0.29) is 32.6 Å². The van der Waals surface area contributed by atoms with Crippen LogP contribution in [0, 0.1) is 0 Å². The molecule has 0 radical (unpaired) electrons. The molecule has 0 spiro atoms. The molecule has 43 heavy (non-hydrogen) atoms. The van der Waals surface area contributed by atoms with Gasteiger partial charge >= 0.3 is 19.8 Å². The predicted octanol–water partition coefficient (Wildman–Crippen LogP) is 8.71. The zero-order valence-electron chi connectivity index (χ0n) is 27.4. The lowest BCUT2D eigenvalue weighted by Gasteiger charge is -2.19. The van der Waals surface area contributed by atoms with Crippen LogP contribution in [0.25, 0.3) is 0 Å². The number of ether oxygens (including phenoxy) is 2. The zero-order valence-corrected chi connectivity index (χ0v) is 28.3. The molecular formula is C33H64NO8P. The molecule has 0 fully saturated rings. The van der Waals surface area contributed by atoms with Crippen LogP contribution in [0.2, 0.25) is 0 Å². The Morgan fingerprint density at radius 3 is 1.70 bits per heavy atom. The summed E-state index contributed by atoms with van der Waals surface area (Å²) < 4.78 is 32.5. The Hall–Kier alpha value is -1.25. The second kappa shape index (κ2) is 30.8. The number of phosphoric acid groups is 1. The lowest BCUT2D eigenvalue weighted by Crippen LogP contribution is -2.29. The van der Waals surface area contributed by atoms with Gasteiger partial charge in [-0.1, -0.05) is 116 Å². The molecule has 10 heteroatoms. The van der Waals surface area contributed by atoms with Crippen molar-refractivity contribution in [2.24, 2.45) is 5.73 Å². The lowest BCUT2D eigenvalue weighted by atomic mass is 10.1. The van der Waals surface area contributed by atoms with Gasteiger partial charge in [-0.2, -0.15) is 0 Å². The lowest BCUT2D eigenvalue weighted by molar-refractivity contribution is -0.161. The number of unbranched alkanes of at least 4 members (excludes halogenated alkanes) is 17. The van der Waals surface area contributed by atoms with Crippen LogP contribution in [-0.4, -0.2) is 49.3 Å². The summed E-state index contributed by atoms with van der Waals surface area (Å²) in [4.78, 5) is 34.5. The number of carbonyl (C=O) groups excluding carboxylic acids is 2. The van der Waals surface area contributed by atoms with Gasteiger partial charge in [-0.3, -0.25) is 18.6 Å². The maximum absolute atomic E-state index is 12.4. The minimum atomic E-state index is -4.36. The Labute approximate surface area is 262 Å². The fourth-order valence-corrected chi connectivity index (χ4v) is 5.33. The number of esters is 2. The molecule has 254 valence electrons. The average molecular weight is 634 g/mol. The Morgan fingerprint density at radius 2 is 1.14 bits per heavy atom. The van der Waals surface area contributed by atoms with E-state index < -0.39 is 32.5 Å². The van der Waals surface area contributed by atoms with Gasteiger partial charge < -0.3 is 20.1 Å². The molecule has 9 nitrogen and oxygen atoms in total. The normalized spacial score (nSPS) is 13.7. The minimum Gasteiger partial charge on any atom is -0.462 e. The number of carbonyl (C=O) groups is 2. The zero-order chi connectivity index (χ0) is 31.9. The van der Waals surface area contributed by atoms with Crippen molar-refractivity contribution in [1.82, 2.24) is 0 Å². The van der Waals surface area contributed by atoms with E-state index in [1.165, 1.54) is 70.6 Å². The molecular weight excluding hydrogens is 569 g/mol. The summed E-state index contributed by atoms with van der Waals surface area (Å²) in [5.74, 6) is -0.840. The average Bonchev–Trinajstić information content (AvgIpc) is 2.99. The number of nitrogens with two attached hydrogens (primary N) is 1. The van der Waals surface area contributed by atoms with Crippen LogP contribution in [0.5, 0.6) is 0 Å². The van der Waals surface area contributed by atoms with Crippen molar-refractivity contribution < 1.29 is 37.6 Å². The van der Waals surface area contributed by atoms with Gasteiger partial charge in [0.1, 0.15) is 6.61 Å². The first-order valence-corrected chi connectivity index (χ1v) is 18.7. The van der Waals surface area contributed by atoms with E-state index in [9.17, 15) is 19.0 Å². The maximum atomic E-state index is 12.4. The van der Waals surface area contributed by atoms with E-state index in [4.69, 9.17) is 24.3 Å². The van der Waals surface area contributed by atoms with Crippen molar-refractivity contribution in [3.05, 3.63) is 12.2 Å². The van der Waals surface area contributed by atoms with Gasteiger partial charge in [0.15, 0.2) is 6.10 Å². The van der Waals surface area contributed by atoms with E-state index in [0.29, 0.717) is 6.42 Å². The van der Waals surface area contributed by atoms with Crippen molar-refractivity contribution in [1.29, 1.82) is 0 Å². The Balaban J connectivity index is 4.28. The molecule has 0 amide bonds. The van der Waals surface area contributed by atoms with Gasteiger partial charge in [0, 0.05) is 19.4 Å². The first-order chi connectivity index (χ1) is 20.8. The van der Waals surface area contributed by atoms with Gasteiger partial charge in [0.25, 0.3) is 0 Å². The second-order valence-corrected chi connectivity index (χ2v) is 12.8. The third-order valence-electron chi connectivity index (χ3n) is 7.15. The van der Waals surface area contributed by atoms with Crippen LogP contribution < -0.4 is 5.73 Å². The summed E-state index contributed by atoms with van der Waals surface area (Å²) in [6, 6.07) is 0. The van der Waals surface area contributed by atoms with Gasteiger partial charge in [-0.05, 0) is 38.5 Å². The fraction of sp³-hybridized carbons (Fsp3) is 0.879. The minimum absolute atomic E-state index is 0.0545. The van der Waals surface area contributed by atoms with Crippen molar-refractivity contribution in [3.8, 4) is 0 Å². The van der Waals surface area contributed by atoms with Crippen LogP contribution in [0.3, 0.4) is 0 Å². The van der Waals surface area contributed by atoms with E-state index in [1.54, 1.807) is 0 Å². The third-order valence-corrected chi connectivity index (χ3v) is 8.14. The van der Waals surface area contributed by atoms with E-state index in [1.807, 2.05) is 0 Å². The molecule has 0 rings (SSSR count). The first-order valence-electron chi connectivity index (χ1n) is 17.2. The standard InChI is InChI=1S/C33H64NO8P/c1-3-5-7-9-11-13-15-16-18-19-21-23-25-32(35)39-29-31(30-41-43(37,38)40-28-27-34)42-33(36)26-24-22-20-17-14-12-10-8-6-4-2/h11,13,31H,3-10,12,14-30,34H2,1-2H3,(H,37,38)/b13-11+/t31-/m1/s1. The van der Waals surface area contributed by atoms with Gasteiger partial charge in [-0.25, -0.2) is 4.57 Å². The predicted molar refractivity (Wildman–Crippen MR) is 174 cm³/mol. The van der Waals surface area contributed by atoms with Crippen molar-refractivity contribution in [2.45, 2.75) is 161 Å². The van der Waals surface area contributed by atoms with E-state index >= 15 is 0 Å². The van der Waals surface area contributed by atoms with Crippen LogP contribution in [0.15, 0.2) is 12.2 Å². The van der Waals surface area contributed by atoms with Crippen molar-refractivity contribution in [2.75, 3.05) is 26.4 Å². The first kappa shape index (κ1) is 41.8. The maximum Gasteiger partial charge on any atom is 0.472 e. The van der Waals surface area contributed by atoms with Crippen molar-refractivity contribution >= 4 is 19.8 Å². The highest BCUT2D eigenvalue weighted by atomic mass is 31.2. The monoisotopic (exact) mass is 633 g/mol. The summed E-state index contributed by atoms with van der Waals surface area (Å²) >= 11 is 0. The van der Waals surface area contributed by atoms with E-state index in [2.05, 4.69) is 26.0 Å². The molecule has 3 N–H and O–H groups in total. The SMILES string of the molecule is CCCCC/C=C/CCCCCCCC(=O)OC[C@H](COP(=O)(O)OCCN)OC(=O)CCCCCCCCCCCC. The second-order valence-electron chi connectivity index (χ2n) is 11.4. The molecule has 0 aliphatic rings. The molecule has 0 aromatic heterocycles. The smallest absolute Gasteiger partial charge is 0.462 e. The third kappa shape index (κ3) is 30.6. The number of hydrogen-bond donors (Lipinski definition) is 2. The number of phosphoric ester groups is 1. The number of rotatable bonds is 32. The molecule has 0 aromatic rings. The Kier molecular flexibility index (Phi) is 29.9. The Bertz CT molecular complexity index is 734. The molecule has 0 aromatic carbocycles. The van der Waals surface area contributed by atoms with Gasteiger partial charge in [-0.15, -0.1) is 0 Å². The van der Waals surface area contributed by atoms with Crippen LogP contribution in [-0.2, 0) is 32.7 Å². The van der Waals surface area contributed by atoms with Crippen LogP contribution >= 0.6 is 7.82 Å². The highest BCUT2D eigenvalue weighted by molar-refractivity contribution is 7.47. The highest BCUT2D eigenvalue weighted by Gasteiger charge is 2.25. The molecule has 0 saturated heterocycles. The molecule has 0 bridgehead atoms. The summed E-state index contributed by atoms with van der Waals surface area (Å²) in [5, 5.41) is 0.